The lowest BCUT2D eigenvalue weighted by atomic mass is 10.2. The Labute approximate surface area is 103 Å². The van der Waals surface area contributed by atoms with Crippen LogP contribution < -0.4 is 5.32 Å². The van der Waals surface area contributed by atoms with Gasteiger partial charge in [-0.3, -0.25) is 5.10 Å². The predicted molar refractivity (Wildman–Crippen MR) is 65.3 cm³/mol. The number of halogens is 1. The number of nitrogens with zero attached hydrogens (tertiary/aromatic N) is 3. The number of hydrogen-bond donors (Lipinski definition) is 2. The average Bonchev–Trinajstić information content (AvgIpc) is 2.69. The molecule has 0 saturated heterocycles. The van der Waals surface area contributed by atoms with Crippen molar-refractivity contribution in [2.24, 2.45) is 0 Å². The highest BCUT2D eigenvalue weighted by molar-refractivity contribution is 6.30. The highest BCUT2D eigenvalue weighted by atomic mass is 35.5. The Morgan fingerprint density at radius 2 is 2.18 bits per heavy atom. The summed E-state index contributed by atoms with van der Waals surface area (Å²) in [4.78, 5) is 4.13. The molecule has 5 nitrogen and oxygen atoms in total. The maximum Gasteiger partial charge on any atom is 0.153 e. The van der Waals surface area contributed by atoms with Crippen molar-refractivity contribution in [1.82, 2.24) is 15.2 Å². The second kappa shape index (κ2) is 4.44. The molecule has 2 rings (SSSR count). The summed E-state index contributed by atoms with van der Waals surface area (Å²) in [5.41, 5.74) is 2.16. The first-order valence-corrected chi connectivity index (χ1v) is 5.34. The first kappa shape index (κ1) is 11.4. The van der Waals surface area contributed by atoms with Crippen LogP contribution in [0.2, 0.25) is 5.15 Å². The first-order chi connectivity index (χ1) is 8.10. The molecule has 0 fully saturated rings. The Bertz CT molecular complexity index is 596. The largest absolute Gasteiger partial charge is 0.323 e. The lowest BCUT2D eigenvalue weighted by molar-refractivity contribution is 1.05. The number of anilines is 2. The number of hydrogen-bond acceptors (Lipinski definition) is 4. The fraction of sp³-hybridized carbons (Fsp3) is 0.182. The van der Waals surface area contributed by atoms with E-state index < -0.39 is 0 Å². The van der Waals surface area contributed by atoms with Crippen LogP contribution in [0.15, 0.2) is 12.1 Å². The van der Waals surface area contributed by atoms with Gasteiger partial charge < -0.3 is 5.32 Å². The number of aryl methyl sites for hydroxylation is 2. The number of nitrogens with one attached hydrogen (secondary N) is 2. The zero-order chi connectivity index (χ0) is 12.4. The van der Waals surface area contributed by atoms with Gasteiger partial charge in [0.2, 0.25) is 0 Å². The van der Waals surface area contributed by atoms with Gasteiger partial charge >= 0.3 is 0 Å². The molecule has 2 aromatic rings. The number of aromatic nitrogens is 3. The molecule has 0 aliphatic rings. The minimum absolute atomic E-state index is 0.188. The summed E-state index contributed by atoms with van der Waals surface area (Å²) in [6, 6.07) is 5.53. The van der Waals surface area contributed by atoms with E-state index >= 15 is 0 Å². The molecule has 2 aromatic heterocycles. The maximum atomic E-state index is 8.81. The van der Waals surface area contributed by atoms with Crippen LogP contribution in [-0.2, 0) is 0 Å². The summed E-state index contributed by atoms with van der Waals surface area (Å²) in [7, 11) is 0. The minimum atomic E-state index is 0.188. The Hall–Kier alpha value is -2.06. The van der Waals surface area contributed by atoms with Gasteiger partial charge in [-0.25, -0.2) is 4.98 Å². The zero-order valence-corrected chi connectivity index (χ0v) is 10.1. The Kier molecular flexibility index (Phi) is 2.98. The molecule has 0 aliphatic heterocycles. The van der Waals surface area contributed by atoms with E-state index in [9.17, 15) is 0 Å². The number of pyridine rings is 1. The molecule has 0 unspecified atom stereocenters. The lowest BCUT2D eigenvalue weighted by Gasteiger charge is -2.06. The van der Waals surface area contributed by atoms with Crippen molar-refractivity contribution in [1.29, 1.82) is 5.26 Å². The van der Waals surface area contributed by atoms with Crippen LogP contribution in [0.4, 0.5) is 11.6 Å². The van der Waals surface area contributed by atoms with Gasteiger partial charge in [0.25, 0.3) is 0 Å². The Morgan fingerprint density at radius 1 is 1.41 bits per heavy atom. The number of nitriles is 1. The SMILES string of the molecule is Cc1cc(Nc2nc(Cl)c(C#N)cc2C)n[nH]1. The van der Waals surface area contributed by atoms with Crippen molar-refractivity contribution >= 4 is 23.2 Å². The summed E-state index contributed by atoms with van der Waals surface area (Å²) in [6.45, 7) is 3.76. The van der Waals surface area contributed by atoms with Crippen LogP contribution in [-0.4, -0.2) is 15.2 Å². The molecule has 2 N–H and O–H groups in total. The van der Waals surface area contributed by atoms with Gasteiger partial charge in [-0.05, 0) is 25.5 Å². The van der Waals surface area contributed by atoms with Gasteiger partial charge in [0.05, 0.1) is 5.56 Å². The molecule has 0 aromatic carbocycles. The number of H-pyrrole nitrogens is 1. The van der Waals surface area contributed by atoms with Crippen molar-refractivity contribution in [2.45, 2.75) is 13.8 Å². The van der Waals surface area contributed by atoms with Crippen molar-refractivity contribution in [3.8, 4) is 6.07 Å². The third kappa shape index (κ3) is 2.37. The van der Waals surface area contributed by atoms with E-state index in [-0.39, 0.29) is 5.15 Å². The molecular weight excluding hydrogens is 238 g/mol. The fourth-order valence-electron chi connectivity index (χ4n) is 1.40. The van der Waals surface area contributed by atoms with Crippen molar-refractivity contribution in [3.63, 3.8) is 0 Å². The monoisotopic (exact) mass is 247 g/mol. The molecule has 2 heterocycles. The number of rotatable bonds is 2. The fourth-order valence-corrected chi connectivity index (χ4v) is 1.58. The highest BCUT2D eigenvalue weighted by Gasteiger charge is 2.08. The molecule has 17 heavy (non-hydrogen) atoms. The van der Waals surface area contributed by atoms with Crippen LogP contribution in [0.3, 0.4) is 0 Å². The second-order valence-electron chi connectivity index (χ2n) is 3.67. The van der Waals surface area contributed by atoms with Crippen LogP contribution in [0.1, 0.15) is 16.8 Å². The average molecular weight is 248 g/mol. The Balaban J connectivity index is 2.34. The van der Waals surface area contributed by atoms with Crippen LogP contribution in [0, 0.1) is 25.2 Å². The van der Waals surface area contributed by atoms with E-state index in [0.717, 1.165) is 11.3 Å². The van der Waals surface area contributed by atoms with E-state index in [1.165, 1.54) is 0 Å². The molecule has 6 heteroatoms. The van der Waals surface area contributed by atoms with Gasteiger partial charge in [0, 0.05) is 11.8 Å². The van der Waals surface area contributed by atoms with Crippen molar-refractivity contribution in [2.75, 3.05) is 5.32 Å². The second-order valence-corrected chi connectivity index (χ2v) is 4.02. The van der Waals surface area contributed by atoms with Crippen molar-refractivity contribution in [3.05, 3.63) is 34.1 Å². The molecule has 0 bridgehead atoms. The molecule has 0 aliphatic carbocycles. The van der Waals surface area contributed by atoms with Crippen LogP contribution in [0.5, 0.6) is 0 Å². The first-order valence-electron chi connectivity index (χ1n) is 4.96. The van der Waals surface area contributed by atoms with E-state index in [2.05, 4.69) is 20.5 Å². The van der Waals surface area contributed by atoms with Gasteiger partial charge in [-0.1, -0.05) is 11.6 Å². The van der Waals surface area contributed by atoms with E-state index in [0.29, 0.717) is 17.2 Å². The van der Waals surface area contributed by atoms with E-state index in [1.807, 2.05) is 26.0 Å². The molecule has 0 spiro atoms. The molecule has 0 radical (unpaired) electrons. The normalized spacial score (nSPS) is 10.0. The molecule has 0 atom stereocenters. The highest BCUT2D eigenvalue weighted by Crippen LogP contribution is 2.22. The zero-order valence-electron chi connectivity index (χ0n) is 9.37. The minimum Gasteiger partial charge on any atom is -0.323 e. The lowest BCUT2D eigenvalue weighted by Crippen LogP contribution is -1.98. The molecule has 0 saturated carbocycles. The quantitative estimate of drug-likeness (QED) is 0.800. The standard InChI is InChI=1S/C11H10ClN5/c1-6-3-8(5-13)10(12)15-11(6)14-9-4-7(2)16-17-9/h3-4H,1-2H3,(H2,14,15,16,17). The van der Waals surface area contributed by atoms with E-state index in [4.69, 9.17) is 16.9 Å². The summed E-state index contributed by atoms with van der Waals surface area (Å²) < 4.78 is 0. The van der Waals surface area contributed by atoms with Gasteiger partial charge in [0.1, 0.15) is 17.0 Å². The molecule has 0 amide bonds. The molecule has 86 valence electrons. The number of aromatic amines is 1. The maximum absolute atomic E-state index is 8.81. The van der Waals surface area contributed by atoms with Crippen LogP contribution >= 0.6 is 11.6 Å². The smallest absolute Gasteiger partial charge is 0.153 e. The summed E-state index contributed by atoms with van der Waals surface area (Å²) in [5, 5.41) is 18.9. The molecular formula is C11H10ClN5. The Morgan fingerprint density at radius 3 is 2.76 bits per heavy atom. The third-order valence-electron chi connectivity index (χ3n) is 2.24. The van der Waals surface area contributed by atoms with Crippen LogP contribution in [0.25, 0.3) is 0 Å². The topological polar surface area (TPSA) is 77.4 Å². The van der Waals surface area contributed by atoms with E-state index in [1.54, 1.807) is 6.07 Å². The van der Waals surface area contributed by atoms with Gasteiger partial charge in [-0.15, -0.1) is 0 Å². The van der Waals surface area contributed by atoms with Gasteiger partial charge in [-0.2, -0.15) is 10.4 Å². The summed E-state index contributed by atoms with van der Waals surface area (Å²) >= 11 is 5.87. The predicted octanol–water partition coefficient (Wildman–Crippen LogP) is 2.69. The van der Waals surface area contributed by atoms with Gasteiger partial charge in [0.15, 0.2) is 5.82 Å². The summed E-state index contributed by atoms with van der Waals surface area (Å²) in [6.07, 6.45) is 0. The van der Waals surface area contributed by atoms with Crippen molar-refractivity contribution < 1.29 is 0 Å². The summed E-state index contributed by atoms with van der Waals surface area (Å²) in [5.74, 6) is 1.26. The third-order valence-corrected chi connectivity index (χ3v) is 2.53.